The van der Waals surface area contributed by atoms with Crippen molar-refractivity contribution >= 4 is 17.5 Å². The SMILES string of the molecule is CNCCC(=O)Nc1cccc(C(=O)NC)c1C. The lowest BCUT2D eigenvalue weighted by molar-refractivity contribution is -0.116. The van der Waals surface area contributed by atoms with E-state index in [9.17, 15) is 9.59 Å². The van der Waals surface area contributed by atoms with Crippen molar-refractivity contribution in [3.63, 3.8) is 0 Å². The Kier molecular flexibility index (Phi) is 5.32. The lowest BCUT2D eigenvalue weighted by Gasteiger charge is -2.11. The Morgan fingerprint density at radius 2 is 1.94 bits per heavy atom. The molecule has 0 spiro atoms. The molecule has 98 valence electrons. The maximum absolute atomic E-state index is 11.6. The summed E-state index contributed by atoms with van der Waals surface area (Å²) < 4.78 is 0. The lowest BCUT2D eigenvalue weighted by atomic mass is 10.1. The largest absolute Gasteiger partial charge is 0.355 e. The van der Waals surface area contributed by atoms with Gasteiger partial charge in [-0.2, -0.15) is 0 Å². The smallest absolute Gasteiger partial charge is 0.251 e. The molecule has 0 radical (unpaired) electrons. The predicted octanol–water partition coefficient (Wildman–Crippen LogP) is 0.903. The highest BCUT2D eigenvalue weighted by Gasteiger charge is 2.11. The lowest BCUT2D eigenvalue weighted by Crippen LogP contribution is -2.21. The maximum Gasteiger partial charge on any atom is 0.251 e. The highest BCUT2D eigenvalue weighted by molar-refractivity contribution is 5.99. The molecule has 0 aliphatic carbocycles. The first-order valence-corrected chi connectivity index (χ1v) is 5.86. The third-order valence-electron chi connectivity index (χ3n) is 2.68. The van der Waals surface area contributed by atoms with Crippen LogP contribution in [0.5, 0.6) is 0 Å². The number of rotatable bonds is 5. The van der Waals surface area contributed by atoms with Gasteiger partial charge in [-0.3, -0.25) is 9.59 Å². The molecule has 5 heteroatoms. The second kappa shape index (κ2) is 6.76. The van der Waals surface area contributed by atoms with Crippen LogP contribution in [-0.4, -0.2) is 32.5 Å². The third-order valence-corrected chi connectivity index (χ3v) is 2.68. The Labute approximate surface area is 107 Å². The zero-order valence-corrected chi connectivity index (χ0v) is 11.0. The van der Waals surface area contributed by atoms with E-state index in [1.807, 2.05) is 6.92 Å². The van der Waals surface area contributed by atoms with E-state index in [1.54, 1.807) is 32.3 Å². The molecule has 1 aromatic carbocycles. The van der Waals surface area contributed by atoms with E-state index in [4.69, 9.17) is 0 Å². The highest BCUT2D eigenvalue weighted by Crippen LogP contribution is 2.19. The molecule has 1 rings (SSSR count). The molecule has 0 saturated heterocycles. The summed E-state index contributed by atoms with van der Waals surface area (Å²) in [6.07, 6.45) is 0.403. The van der Waals surface area contributed by atoms with Crippen molar-refractivity contribution in [1.29, 1.82) is 0 Å². The summed E-state index contributed by atoms with van der Waals surface area (Å²) in [5, 5.41) is 8.29. The molecule has 2 amide bonds. The summed E-state index contributed by atoms with van der Waals surface area (Å²) in [7, 11) is 3.38. The van der Waals surface area contributed by atoms with Crippen LogP contribution in [0.15, 0.2) is 18.2 Å². The van der Waals surface area contributed by atoms with Crippen LogP contribution in [0, 0.1) is 6.92 Å². The molecular weight excluding hydrogens is 230 g/mol. The predicted molar refractivity (Wildman–Crippen MR) is 71.7 cm³/mol. The normalized spacial score (nSPS) is 9.94. The van der Waals surface area contributed by atoms with Gasteiger partial charge < -0.3 is 16.0 Å². The molecule has 0 bridgehead atoms. The van der Waals surface area contributed by atoms with Gasteiger partial charge in [0.15, 0.2) is 0 Å². The summed E-state index contributed by atoms with van der Waals surface area (Å²) in [4.78, 5) is 23.2. The monoisotopic (exact) mass is 249 g/mol. The van der Waals surface area contributed by atoms with Gasteiger partial charge >= 0.3 is 0 Å². The van der Waals surface area contributed by atoms with Crippen LogP contribution in [0.25, 0.3) is 0 Å². The molecule has 0 unspecified atom stereocenters. The van der Waals surface area contributed by atoms with E-state index < -0.39 is 0 Å². The summed E-state index contributed by atoms with van der Waals surface area (Å²) in [6.45, 7) is 2.44. The van der Waals surface area contributed by atoms with Gasteiger partial charge in [0.2, 0.25) is 5.91 Å². The van der Waals surface area contributed by atoms with Crippen LogP contribution in [0.1, 0.15) is 22.3 Å². The minimum Gasteiger partial charge on any atom is -0.355 e. The molecule has 0 aromatic heterocycles. The van der Waals surface area contributed by atoms with Crippen molar-refractivity contribution in [2.24, 2.45) is 0 Å². The summed E-state index contributed by atoms with van der Waals surface area (Å²) >= 11 is 0. The summed E-state index contributed by atoms with van der Waals surface area (Å²) in [5.74, 6) is -0.222. The van der Waals surface area contributed by atoms with Crippen molar-refractivity contribution < 1.29 is 9.59 Å². The van der Waals surface area contributed by atoms with Gasteiger partial charge in [-0.15, -0.1) is 0 Å². The maximum atomic E-state index is 11.6. The number of anilines is 1. The van der Waals surface area contributed by atoms with Crippen molar-refractivity contribution in [1.82, 2.24) is 10.6 Å². The van der Waals surface area contributed by atoms with E-state index >= 15 is 0 Å². The third kappa shape index (κ3) is 3.56. The molecule has 0 aliphatic heterocycles. The Balaban J connectivity index is 2.84. The molecule has 0 aliphatic rings. The molecule has 1 aromatic rings. The number of hydrogen-bond acceptors (Lipinski definition) is 3. The Morgan fingerprint density at radius 3 is 2.56 bits per heavy atom. The van der Waals surface area contributed by atoms with Crippen molar-refractivity contribution in [2.45, 2.75) is 13.3 Å². The minimum atomic E-state index is -0.154. The number of carbonyl (C=O) groups is 2. The van der Waals surface area contributed by atoms with Gasteiger partial charge in [-0.25, -0.2) is 0 Å². The fourth-order valence-corrected chi connectivity index (χ4v) is 1.60. The average molecular weight is 249 g/mol. The molecule has 0 atom stereocenters. The van der Waals surface area contributed by atoms with Crippen LogP contribution >= 0.6 is 0 Å². The molecule has 18 heavy (non-hydrogen) atoms. The fourth-order valence-electron chi connectivity index (χ4n) is 1.60. The first-order chi connectivity index (χ1) is 8.60. The van der Waals surface area contributed by atoms with Crippen LogP contribution in [0.4, 0.5) is 5.69 Å². The average Bonchev–Trinajstić information content (AvgIpc) is 2.38. The molecule has 0 heterocycles. The molecular formula is C13H19N3O2. The first-order valence-electron chi connectivity index (χ1n) is 5.86. The number of carbonyl (C=O) groups excluding carboxylic acids is 2. The number of hydrogen-bond donors (Lipinski definition) is 3. The highest BCUT2D eigenvalue weighted by atomic mass is 16.2. The first kappa shape index (κ1) is 14.2. The standard InChI is InChI=1S/C13H19N3O2/c1-9-10(13(18)15-3)5-4-6-11(9)16-12(17)7-8-14-2/h4-6,14H,7-8H2,1-3H3,(H,15,18)(H,16,17). The van der Waals surface area contributed by atoms with Gasteiger partial charge in [0.25, 0.3) is 5.91 Å². The van der Waals surface area contributed by atoms with Gasteiger partial charge in [-0.1, -0.05) is 6.07 Å². The topological polar surface area (TPSA) is 70.2 Å². The van der Waals surface area contributed by atoms with Crippen LogP contribution in [-0.2, 0) is 4.79 Å². The zero-order chi connectivity index (χ0) is 13.5. The van der Waals surface area contributed by atoms with Crippen LogP contribution in [0.3, 0.4) is 0 Å². The number of nitrogens with one attached hydrogen (secondary N) is 3. The van der Waals surface area contributed by atoms with Gasteiger partial charge in [0, 0.05) is 31.3 Å². The molecule has 3 N–H and O–H groups in total. The molecule has 0 fully saturated rings. The van der Waals surface area contributed by atoms with E-state index in [-0.39, 0.29) is 11.8 Å². The van der Waals surface area contributed by atoms with Crippen molar-refractivity contribution in [2.75, 3.05) is 26.0 Å². The Bertz CT molecular complexity index is 444. The van der Waals surface area contributed by atoms with E-state index in [0.29, 0.717) is 24.2 Å². The quantitative estimate of drug-likeness (QED) is 0.726. The van der Waals surface area contributed by atoms with E-state index in [2.05, 4.69) is 16.0 Å². The molecule has 5 nitrogen and oxygen atoms in total. The number of amides is 2. The van der Waals surface area contributed by atoms with Crippen molar-refractivity contribution in [3.8, 4) is 0 Å². The minimum absolute atomic E-state index is 0.0680. The van der Waals surface area contributed by atoms with Crippen LogP contribution < -0.4 is 16.0 Å². The Morgan fingerprint density at radius 1 is 1.22 bits per heavy atom. The van der Waals surface area contributed by atoms with Gasteiger partial charge in [0.05, 0.1) is 0 Å². The van der Waals surface area contributed by atoms with Gasteiger partial charge in [-0.05, 0) is 31.7 Å². The van der Waals surface area contributed by atoms with E-state index in [0.717, 1.165) is 5.56 Å². The van der Waals surface area contributed by atoms with Crippen LogP contribution in [0.2, 0.25) is 0 Å². The Hall–Kier alpha value is -1.88. The number of benzene rings is 1. The second-order valence-electron chi connectivity index (χ2n) is 3.96. The summed E-state index contributed by atoms with van der Waals surface area (Å²) in [6, 6.07) is 5.28. The zero-order valence-electron chi connectivity index (χ0n) is 11.0. The molecule has 0 saturated carbocycles. The summed E-state index contributed by atoms with van der Waals surface area (Å²) in [5.41, 5.74) is 2.02. The van der Waals surface area contributed by atoms with E-state index in [1.165, 1.54) is 0 Å². The van der Waals surface area contributed by atoms with Crippen molar-refractivity contribution in [3.05, 3.63) is 29.3 Å². The second-order valence-corrected chi connectivity index (χ2v) is 3.96. The fraction of sp³-hybridized carbons (Fsp3) is 0.385. The van der Waals surface area contributed by atoms with Gasteiger partial charge in [0.1, 0.15) is 0 Å².